The number of methoxy groups -OCH3 is 2. The number of hydrogen-bond acceptors (Lipinski definition) is 5. The van der Waals surface area contributed by atoms with Crippen LogP contribution in [0.4, 0.5) is 0 Å². The third kappa shape index (κ3) is 6.50. The Labute approximate surface area is 171 Å². The zero-order valence-corrected chi connectivity index (χ0v) is 17.3. The van der Waals surface area contributed by atoms with Gasteiger partial charge < -0.3 is 24.8 Å². The van der Waals surface area contributed by atoms with Crippen LogP contribution in [0, 0.1) is 6.92 Å². The number of ether oxygens (including phenoxy) is 3. The van der Waals surface area contributed by atoms with E-state index in [2.05, 4.69) is 10.6 Å². The van der Waals surface area contributed by atoms with Gasteiger partial charge in [-0.1, -0.05) is 24.3 Å². The summed E-state index contributed by atoms with van der Waals surface area (Å²) in [7, 11) is 3.17. The Kier molecular flexibility index (Phi) is 8.48. The minimum absolute atomic E-state index is 0.104. The van der Waals surface area contributed by atoms with Crippen LogP contribution in [0.15, 0.2) is 42.5 Å². The lowest BCUT2D eigenvalue weighted by atomic mass is 10.1. The number of benzene rings is 2. The zero-order chi connectivity index (χ0) is 21.2. The Balaban J connectivity index is 1.91. The van der Waals surface area contributed by atoms with E-state index in [1.54, 1.807) is 32.4 Å². The molecule has 2 rings (SSSR count). The van der Waals surface area contributed by atoms with Gasteiger partial charge in [-0.15, -0.1) is 0 Å². The SMILES string of the molecule is COCCOc1ccc(C(C)NC(=O)CNC(=O)c2ccccc2C)cc1OC. The average molecular weight is 400 g/mol. The molecule has 7 heteroatoms. The first-order chi connectivity index (χ1) is 14.0. The highest BCUT2D eigenvalue weighted by Gasteiger charge is 2.15. The van der Waals surface area contributed by atoms with Crippen molar-refractivity contribution in [2.75, 3.05) is 34.0 Å². The molecular weight excluding hydrogens is 372 g/mol. The maximum Gasteiger partial charge on any atom is 0.251 e. The molecule has 0 radical (unpaired) electrons. The van der Waals surface area contributed by atoms with Crippen molar-refractivity contribution < 1.29 is 23.8 Å². The maximum atomic E-state index is 12.2. The standard InChI is InChI=1S/C22H28N2O5/c1-15-7-5-6-8-18(15)22(26)23-14-21(25)24-16(2)17-9-10-19(20(13-17)28-4)29-12-11-27-3/h5-10,13,16H,11-12,14H2,1-4H3,(H,23,26)(H,24,25). The van der Waals surface area contributed by atoms with Crippen molar-refractivity contribution in [3.8, 4) is 11.5 Å². The molecule has 2 amide bonds. The van der Waals surface area contributed by atoms with Crippen molar-refractivity contribution in [1.82, 2.24) is 10.6 Å². The third-order valence-corrected chi connectivity index (χ3v) is 4.41. The quantitative estimate of drug-likeness (QED) is 0.599. The number of aryl methyl sites for hydroxylation is 1. The number of carbonyl (C=O) groups is 2. The predicted molar refractivity (Wildman–Crippen MR) is 110 cm³/mol. The van der Waals surface area contributed by atoms with Gasteiger partial charge in [0.15, 0.2) is 11.5 Å². The molecule has 0 saturated heterocycles. The zero-order valence-electron chi connectivity index (χ0n) is 17.3. The van der Waals surface area contributed by atoms with Crippen LogP contribution in [-0.4, -0.2) is 45.8 Å². The Morgan fingerprint density at radius 1 is 1.03 bits per heavy atom. The Bertz CT molecular complexity index is 838. The second-order valence-corrected chi connectivity index (χ2v) is 6.54. The van der Waals surface area contributed by atoms with Crippen LogP contribution in [0.25, 0.3) is 0 Å². The van der Waals surface area contributed by atoms with E-state index in [4.69, 9.17) is 14.2 Å². The van der Waals surface area contributed by atoms with E-state index < -0.39 is 0 Å². The molecule has 0 heterocycles. The normalized spacial score (nSPS) is 11.4. The number of rotatable bonds is 10. The smallest absolute Gasteiger partial charge is 0.251 e. The van der Waals surface area contributed by atoms with Gasteiger partial charge in [-0.2, -0.15) is 0 Å². The van der Waals surface area contributed by atoms with E-state index in [-0.39, 0.29) is 24.4 Å². The second-order valence-electron chi connectivity index (χ2n) is 6.54. The molecule has 2 aromatic carbocycles. The third-order valence-electron chi connectivity index (χ3n) is 4.41. The van der Waals surface area contributed by atoms with E-state index in [9.17, 15) is 9.59 Å². The number of nitrogens with one attached hydrogen (secondary N) is 2. The summed E-state index contributed by atoms with van der Waals surface area (Å²) in [6, 6.07) is 12.5. The van der Waals surface area contributed by atoms with E-state index in [1.165, 1.54) is 0 Å². The highest BCUT2D eigenvalue weighted by atomic mass is 16.5. The van der Waals surface area contributed by atoms with Crippen LogP contribution in [0.2, 0.25) is 0 Å². The summed E-state index contributed by atoms with van der Waals surface area (Å²) in [6.45, 7) is 4.51. The van der Waals surface area contributed by atoms with Gasteiger partial charge in [0.05, 0.1) is 26.3 Å². The van der Waals surface area contributed by atoms with Gasteiger partial charge in [-0.25, -0.2) is 0 Å². The Hall–Kier alpha value is -3.06. The minimum atomic E-state index is -0.279. The molecule has 1 unspecified atom stereocenters. The molecule has 29 heavy (non-hydrogen) atoms. The van der Waals surface area contributed by atoms with Crippen LogP contribution in [0.1, 0.15) is 34.5 Å². The summed E-state index contributed by atoms with van der Waals surface area (Å²) in [6.07, 6.45) is 0. The minimum Gasteiger partial charge on any atom is -0.493 e. The maximum absolute atomic E-state index is 12.2. The number of amides is 2. The van der Waals surface area contributed by atoms with Gasteiger partial charge in [0, 0.05) is 12.7 Å². The molecule has 0 spiro atoms. The van der Waals surface area contributed by atoms with Gasteiger partial charge in [0.25, 0.3) is 5.91 Å². The monoisotopic (exact) mass is 400 g/mol. The van der Waals surface area contributed by atoms with Gasteiger partial charge >= 0.3 is 0 Å². The molecule has 0 aliphatic carbocycles. The van der Waals surface area contributed by atoms with E-state index in [0.29, 0.717) is 30.3 Å². The Morgan fingerprint density at radius 3 is 2.48 bits per heavy atom. The number of hydrogen-bond donors (Lipinski definition) is 2. The van der Waals surface area contributed by atoms with Crippen LogP contribution in [0.3, 0.4) is 0 Å². The van der Waals surface area contributed by atoms with Crippen LogP contribution in [-0.2, 0) is 9.53 Å². The molecule has 0 aliphatic heterocycles. The lowest BCUT2D eigenvalue weighted by Gasteiger charge is -2.17. The van der Waals surface area contributed by atoms with E-state index in [0.717, 1.165) is 11.1 Å². The van der Waals surface area contributed by atoms with Crippen LogP contribution < -0.4 is 20.1 Å². The second kappa shape index (κ2) is 11.1. The first-order valence-electron chi connectivity index (χ1n) is 9.39. The van der Waals surface area contributed by atoms with Crippen molar-refractivity contribution >= 4 is 11.8 Å². The topological polar surface area (TPSA) is 85.9 Å². The summed E-state index contributed by atoms with van der Waals surface area (Å²) in [5.74, 6) is 0.633. The molecule has 1 atom stereocenters. The molecule has 0 aliphatic rings. The summed E-state index contributed by atoms with van der Waals surface area (Å²) in [5, 5.41) is 5.52. The fourth-order valence-corrected chi connectivity index (χ4v) is 2.77. The van der Waals surface area contributed by atoms with Gasteiger partial charge in [0.1, 0.15) is 6.61 Å². The van der Waals surface area contributed by atoms with Gasteiger partial charge in [0.2, 0.25) is 5.91 Å². The van der Waals surface area contributed by atoms with Crippen molar-refractivity contribution in [3.63, 3.8) is 0 Å². The molecule has 2 aromatic rings. The van der Waals surface area contributed by atoms with Gasteiger partial charge in [-0.05, 0) is 43.2 Å². The lowest BCUT2D eigenvalue weighted by molar-refractivity contribution is -0.120. The molecule has 156 valence electrons. The van der Waals surface area contributed by atoms with E-state index >= 15 is 0 Å². The molecule has 7 nitrogen and oxygen atoms in total. The molecule has 0 aromatic heterocycles. The molecule has 0 fully saturated rings. The van der Waals surface area contributed by atoms with Crippen molar-refractivity contribution in [3.05, 3.63) is 59.2 Å². The first kappa shape index (κ1) is 22.2. The van der Waals surface area contributed by atoms with Crippen LogP contribution >= 0.6 is 0 Å². The van der Waals surface area contributed by atoms with E-state index in [1.807, 2.05) is 38.1 Å². The summed E-state index contributed by atoms with van der Waals surface area (Å²) >= 11 is 0. The Morgan fingerprint density at radius 2 is 1.79 bits per heavy atom. The van der Waals surface area contributed by atoms with Crippen molar-refractivity contribution in [1.29, 1.82) is 0 Å². The fourth-order valence-electron chi connectivity index (χ4n) is 2.77. The van der Waals surface area contributed by atoms with Gasteiger partial charge in [-0.3, -0.25) is 9.59 Å². The first-order valence-corrected chi connectivity index (χ1v) is 9.39. The molecular formula is C22H28N2O5. The molecule has 2 N–H and O–H groups in total. The lowest BCUT2D eigenvalue weighted by Crippen LogP contribution is -2.38. The predicted octanol–water partition coefficient (Wildman–Crippen LogP) is 2.64. The highest BCUT2D eigenvalue weighted by Crippen LogP contribution is 2.30. The average Bonchev–Trinajstić information content (AvgIpc) is 2.72. The summed E-state index contributed by atoms with van der Waals surface area (Å²) < 4.78 is 16.0. The molecule has 0 saturated carbocycles. The fraction of sp³-hybridized carbons (Fsp3) is 0.364. The van der Waals surface area contributed by atoms with Crippen molar-refractivity contribution in [2.24, 2.45) is 0 Å². The highest BCUT2D eigenvalue weighted by molar-refractivity contribution is 5.97. The summed E-state index contributed by atoms with van der Waals surface area (Å²) in [5.41, 5.74) is 2.28. The largest absolute Gasteiger partial charge is 0.493 e. The number of carbonyl (C=O) groups excluding carboxylic acids is 2. The summed E-state index contributed by atoms with van der Waals surface area (Å²) in [4.78, 5) is 24.5. The van der Waals surface area contributed by atoms with Crippen molar-refractivity contribution in [2.45, 2.75) is 19.9 Å². The molecule has 0 bridgehead atoms. The van der Waals surface area contributed by atoms with Crippen LogP contribution in [0.5, 0.6) is 11.5 Å².